The van der Waals surface area contributed by atoms with Crippen molar-refractivity contribution in [2.45, 2.75) is 12.7 Å². The van der Waals surface area contributed by atoms with Crippen LogP contribution in [0.2, 0.25) is 0 Å². The summed E-state index contributed by atoms with van der Waals surface area (Å²) in [5.74, 6) is 0.106. The number of pyridine rings is 1. The number of aromatic nitrogens is 1. The van der Waals surface area contributed by atoms with Crippen molar-refractivity contribution >= 4 is 5.84 Å². The Bertz CT molecular complexity index is 892. The molecule has 0 saturated heterocycles. The first-order chi connectivity index (χ1) is 13.3. The molecule has 3 rings (SSSR count). The second kappa shape index (κ2) is 9.27. The molecule has 1 N–H and O–H groups in total. The van der Waals surface area contributed by atoms with E-state index in [1.807, 2.05) is 60.7 Å². The standard InChI is InChI=1S/C22H20N4O/c23-17-26(22(24)20-12-7-13-25-14-20)15-21(19-10-5-2-6-11-19)27-16-18-8-3-1-4-9-18/h1-14,21,24H,15-16H2. The summed E-state index contributed by atoms with van der Waals surface area (Å²) >= 11 is 0. The van der Waals surface area contributed by atoms with Crippen LogP contribution in [0.1, 0.15) is 22.8 Å². The van der Waals surface area contributed by atoms with Crippen molar-refractivity contribution in [3.63, 3.8) is 0 Å². The van der Waals surface area contributed by atoms with Gasteiger partial charge < -0.3 is 4.74 Å². The van der Waals surface area contributed by atoms with Gasteiger partial charge in [0, 0.05) is 18.0 Å². The van der Waals surface area contributed by atoms with E-state index in [1.165, 1.54) is 4.90 Å². The van der Waals surface area contributed by atoms with Gasteiger partial charge in [-0.15, -0.1) is 0 Å². The maximum atomic E-state index is 9.60. The second-order valence-electron chi connectivity index (χ2n) is 6.00. The van der Waals surface area contributed by atoms with Gasteiger partial charge in [-0.25, -0.2) is 0 Å². The molecule has 0 amide bonds. The molecule has 0 aliphatic heterocycles. The number of nitriles is 1. The van der Waals surface area contributed by atoms with Gasteiger partial charge in [0.1, 0.15) is 11.9 Å². The summed E-state index contributed by atoms with van der Waals surface area (Å²) in [5, 5.41) is 17.9. The Morgan fingerprint density at radius 1 is 1.04 bits per heavy atom. The van der Waals surface area contributed by atoms with Gasteiger partial charge in [0.15, 0.2) is 6.19 Å². The van der Waals surface area contributed by atoms with E-state index in [1.54, 1.807) is 24.5 Å². The smallest absolute Gasteiger partial charge is 0.185 e. The van der Waals surface area contributed by atoms with Crippen LogP contribution >= 0.6 is 0 Å². The SMILES string of the molecule is N#CN(CC(OCc1ccccc1)c1ccccc1)C(=N)c1cccnc1. The van der Waals surface area contributed by atoms with Crippen LogP contribution in [0.5, 0.6) is 0 Å². The van der Waals surface area contributed by atoms with Crippen molar-refractivity contribution in [3.05, 3.63) is 102 Å². The summed E-state index contributed by atoms with van der Waals surface area (Å²) in [6.45, 7) is 0.682. The van der Waals surface area contributed by atoms with Crippen molar-refractivity contribution < 1.29 is 4.74 Å². The third-order valence-electron chi connectivity index (χ3n) is 4.14. The quantitative estimate of drug-likeness (QED) is 0.299. The van der Waals surface area contributed by atoms with E-state index in [4.69, 9.17) is 10.1 Å². The molecule has 27 heavy (non-hydrogen) atoms. The van der Waals surface area contributed by atoms with E-state index < -0.39 is 0 Å². The fourth-order valence-electron chi connectivity index (χ4n) is 2.70. The van der Waals surface area contributed by atoms with Gasteiger partial charge in [0.05, 0.1) is 13.2 Å². The molecule has 1 atom stereocenters. The predicted molar refractivity (Wildman–Crippen MR) is 104 cm³/mol. The van der Waals surface area contributed by atoms with Gasteiger partial charge in [-0.1, -0.05) is 60.7 Å². The first-order valence-electron chi connectivity index (χ1n) is 8.64. The van der Waals surface area contributed by atoms with E-state index >= 15 is 0 Å². The number of hydrogen-bond donors (Lipinski definition) is 1. The van der Waals surface area contributed by atoms with Crippen LogP contribution in [-0.2, 0) is 11.3 Å². The Morgan fingerprint density at radius 2 is 1.74 bits per heavy atom. The largest absolute Gasteiger partial charge is 0.367 e. The lowest BCUT2D eigenvalue weighted by Crippen LogP contribution is -2.31. The highest BCUT2D eigenvalue weighted by Gasteiger charge is 2.20. The molecular weight excluding hydrogens is 336 g/mol. The Hall–Kier alpha value is -3.49. The zero-order chi connectivity index (χ0) is 18.9. The number of rotatable bonds is 7. The average molecular weight is 356 g/mol. The highest BCUT2D eigenvalue weighted by atomic mass is 16.5. The average Bonchev–Trinajstić information content (AvgIpc) is 2.75. The summed E-state index contributed by atoms with van der Waals surface area (Å²) in [5.41, 5.74) is 2.62. The molecule has 3 aromatic rings. The normalized spacial score (nSPS) is 11.4. The minimum absolute atomic E-state index is 0.106. The summed E-state index contributed by atoms with van der Waals surface area (Å²) < 4.78 is 6.13. The zero-order valence-corrected chi connectivity index (χ0v) is 14.8. The number of benzene rings is 2. The van der Waals surface area contributed by atoms with Crippen LogP contribution in [-0.4, -0.2) is 22.3 Å². The van der Waals surface area contributed by atoms with Crippen molar-refractivity contribution in [1.82, 2.24) is 9.88 Å². The van der Waals surface area contributed by atoms with Crippen molar-refractivity contribution in [1.29, 1.82) is 10.7 Å². The first kappa shape index (κ1) is 18.3. The molecule has 0 aliphatic carbocycles. The molecule has 2 aromatic carbocycles. The third kappa shape index (κ3) is 5.00. The number of ether oxygens (including phenoxy) is 1. The van der Waals surface area contributed by atoms with Crippen molar-refractivity contribution in [2.24, 2.45) is 0 Å². The molecule has 0 fully saturated rings. The Kier molecular flexibility index (Phi) is 6.29. The summed E-state index contributed by atoms with van der Waals surface area (Å²) in [4.78, 5) is 5.36. The van der Waals surface area contributed by atoms with E-state index in [2.05, 4.69) is 11.2 Å². The molecule has 0 aliphatic rings. The zero-order valence-electron chi connectivity index (χ0n) is 14.8. The number of hydrogen-bond acceptors (Lipinski definition) is 4. The molecule has 134 valence electrons. The van der Waals surface area contributed by atoms with E-state index in [0.29, 0.717) is 12.2 Å². The van der Waals surface area contributed by atoms with Crippen LogP contribution in [0.25, 0.3) is 0 Å². The maximum Gasteiger partial charge on any atom is 0.185 e. The number of nitrogens with one attached hydrogen (secondary N) is 1. The highest BCUT2D eigenvalue weighted by Crippen LogP contribution is 2.21. The Balaban J connectivity index is 1.77. The van der Waals surface area contributed by atoms with Crippen LogP contribution in [0, 0.1) is 16.9 Å². The summed E-state index contributed by atoms with van der Waals surface area (Å²) in [7, 11) is 0. The minimum atomic E-state index is -0.344. The molecule has 1 unspecified atom stereocenters. The topological polar surface area (TPSA) is 73.0 Å². The van der Waals surface area contributed by atoms with Crippen molar-refractivity contribution in [2.75, 3.05) is 6.54 Å². The maximum absolute atomic E-state index is 9.60. The van der Waals surface area contributed by atoms with Gasteiger partial charge in [-0.3, -0.25) is 15.3 Å². The van der Waals surface area contributed by atoms with E-state index in [-0.39, 0.29) is 18.5 Å². The molecule has 0 radical (unpaired) electrons. The van der Waals surface area contributed by atoms with Crippen LogP contribution in [0.3, 0.4) is 0 Å². The lowest BCUT2D eigenvalue weighted by atomic mass is 10.1. The second-order valence-corrected chi connectivity index (χ2v) is 6.00. The molecule has 1 heterocycles. The molecule has 0 bridgehead atoms. The lowest BCUT2D eigenvalue weighted by molar-refractivity contribution is 0.0318. The van der Waals surface area contributed by atoms with Crippen LogP contribution < -0.4 is 0 Å². The fraction of sp³-hybridized carbons (Fsp3) is 0.136. The fourth-order valence-corrected chi connectivity index (χ4v) is 2.70. The molecule has 5 heteroatoms. The minimum Gasteiger partial charge on any atom is -0.367 e. The Morgan fingerprint density at radius 3 is 2.37 bits per heavy atom. The summed E-state index contributed by atoms with van der Waals surface area (Å²) in [6, 6.07) is 23.2. The Labute approximate surface area is 159 Å². The van der Waals surface area contributed by atoms with Crippen LogP contribution in [0.4, 0.5) is 0 Å². The van der Waals surface area contributed by atoms with Gasteiger partial charge >= 0.3 is 0 Å². The summed E-state index contributed by atoms with van der Waals surface area (Å²) in [6.07, 6.45) is 4.98. The van der Waals surface area contributed by atoms with Crippen molar-refractivity contribution in [3.8, 4) is 6.19 Å². The van der Waals surface area contributed by atoms with Gasteiger partial charge in [-0.2, -0.15) is 5.26 Å². The number of amidine groups is 1. The van der Waals surface area contributed by atoms with E-state index in [9.17, 15) is 5.26 Å². The van der Waals surface area contributed by atoms with Gasteiger partial charge in [-0.05, 0) is 23.3 Å². The monoisotopic (exact) mass is 356 g/mol. The van der Waals surface area contributed by atoms with Crippen LogP contribution in [0.15, 0.2) is 85.2 Å². The van der Waals surface area contributed by atoms with E-state index in [0.717, 1.165) is 11.1 Å². The lowest BCUT2D eigenvalue weighted by Gasteiger charge is -2.24. The first-order valence-corrected chi connectivity index (χ1v) is 8.64. The predicted octanol–water partition coefficient (Wildman–Crippen LogP) is 4.15. The molecule has 5 nitrogen and oxygen atoms in total. The third-order valence-corrected chi connectivity index (χ3v) is 4.14. The molecule has 1 aromatic heterocycles. The molecule has 0 spiro atoms. The number of nitrogens with zero attached hydrogens (tertiary/aromatic N) is 3. The van der Waals surface area contributed by atoms with Gasteiger partial charge in [0.2, 0.25) is 0 Å². The highest BCUT2D eigenvalue weighted by molar-refractivity contribution is 5.97. The molecular formula is C22H20N4O. The van der Waals surface area contributed by atoms with Gasteiger partial charge in [0.25, 0.3) is 0 Å². The molecule has 0 saturated carbocycles.